The van der Waals surface area contributed by atoms with Crippen LogP contribution in [-0.2, 0) is 13.1 Å². The second-order valence-corrected chi connectivity index (χ2v) is 10.8. The van der Waals surface area contributed by atoms with E-state index in [-0.39, 0.29) is 0 Å². The van der Waals surface area contributed by atoms with Gasteiger partial charge in [-0.2, -0.15) is 0 Å². The Morgan fingerprint density at radius 1 is 0.429 bits per heavy atom. The SMILES string of the molecule is CSc1ccc(CNCCCNCCCCCCCNCCCNCc2ccc(SC)cc2)cc1. The van der Waals surface area contributed by atoms with Gasteiger partial charge in [0.15, 0.2) is 0 Å². The molecule has 6 heteroatoms. The van der Waals surface area contributed by atoms with Gasteiger partial charge in [0.25, 0.3) is 0 Å². The first-order chi connectivity index (χ1) is 17.3. The lowest BCUT2D eigenvalue weighted by molar-refractivity contribution is 0.537. The molecule has 0 amide bonds. The highest BCUT2D eigenvalue weighted by molar-refractivity contribution is 7.98. The summed E-state index contributed by atoms with van der Waals surface area (Å²) in [5.41, 5.74) is 2.73. The minimum absolute atomic E-state index is 0.966. The maximum absolute atomic E-state index is 3.59. The number of hydrogen-bond acceptors (Lipinski definition) is 6. The van der Waals surface area contributed by atoms with Crippen molar-refractivity contribution in [3.8, 4) is 0 Å². The fraction of sp³-hybridized carbons (Fsp3) is 0.586. The standard InChI is InChI=1S/C29H48N4S2/c1-34-28-14-10-26(11-15-28)24-32-22-8-20-30-18-6-4-3-5-7-19-31-21-9-23-33-25-27-12-16-29(35-2)17-13-27/h10-17,30-33H,3-9,18-25H2,1-2H3. The summed E-state index contributed by atoms with van der Waals surface area (Å²) >= 11 is 3.59. The maximum Gasteiger partial charge on any atom is 0.0205 e. The van der Waals surface area contributed by atoms with Gasteiger partial charge in [-0.1, -0.05) is 43.5 Å². The third-order valence-corrected chi connectivity index (χ3v) is 7.58. The summed E-state index contributed by atoms with van der Waals surface area (Å²) in [7, 11) is 0. The van der Waals surface area contributed by atoms with Crippen LogP contribution >= 0.6 is 23.5 Å². The zero-order chi connectivity index (χ0) is 24.8. The zero-order valence-corrected chi connectivity index (χ0v) is 23.7. The van der Waals surface area contributed by atoms with Crippen molar-refractivity contribution in [1.29, 1.82) is 0 Å². The normalized spacial score (nSPS) is 11.3. The number of nitrogens with one attached hydrogen (secondary N) is 4. The van der Waals surface area contributed by atoms with Crippen molar-refractivity contribution in [1.82, 2.24) is 21.3 Å². The Hall–Kier alpha value is -1.02. The van der Waals surface area contributed by atoms with Gasteiger partial charge in [-0.3, -0.25) is 0 Å². The molecule has 0 saturated heterocycles. The van der Waals surface area contributed by atoms with Crippen molar-refractivity contribution in [3.05, 3.63) is 59.7 Å². The minimum atomic E-state index is 0.966. The number of benzene rings is 2. The predicted octanol–water partition coefficient (Wildman–Crippen LogP) is 5.92. The molecule has 0 aliphatic rings. The minimum Gasteiger partial charge on any atom is -0.317 e. The molecule has 0 radical (unpaired) electrons. The second-order valence-electron chi connectivity index (χ2n) is 9.02. The van der Waals surface area contributed by atoms with Gasteiger partial charge in [0.2, 0.25) is 0 Å². The molecule has 0 spiro atoms. The first-order valence-corrected chi connectivity index (χ1v) is 15.9. The number of thioether (sulfide) groups is 2. The Morgan fingerprint density at radius 2 is 0.771 bits per heavy atom. The highest BCUT2D eigenvalue weighted by atomic mass is 32.2. The third kappa shape index (κ3) is 15.6. The van der Waals surface area contributed by atoms with Gasteiger partial charge in [-0.25, -0.2) is 0 Å². The smallest absolute Gasteiger partial charge is 0.0205 e. The molecule has 2 aromatic rings. The average Bonchev–Trinajstić information content (AvgIpc) is 2.90. The first kappa shape index (κ1) is 30.2. The lowest BCUT2D eigenvalue weighted by atomic mass is 10.1. The summed E-state index contributed by atoms with van der Waals surface area (Å²) in [6.45, 7) is 8.62. The molecular formula is C29H48N4S2. The average molecular weight is 517 g/mol. The molecule has 0 aliphatic carbocycles. The van der Waals surface area contributed by atoms with E-state index in [4.69, 9.17) is 0 Å². The van der Waals surface area contributed by atoms with Gasteiger partial charge in [0.05, 0.1) is 0 Å². The molecule has 0 unspecified atom stereocenters. The van der Waals surface area contributed by atoms with Crippen molar-refractivity contribution in [2.75, 3.05) is 51.8 Å². The van der Waals surface area contributed by atoms with Crippen LogP contribution in [0.25, 0.3) is 0 Å². The van der Waals surface area contributed by atoms with Crippen molar-refractivity contribution in [2.24, 2.45) is 0 Å². The van der Waals surface area contributed by atoms with Gasteiger partial charge in [0.1, 0.15) is 0 Å². The van der Waals surface area contributed by atoms with Crippen molar-refractivity contribution >= 4 is 23.5 Å². The molecule has 4 nitrogen and oxygen atoms in total. The van der Waals surface area contributed by atoms with Crippen LogP contribution in [0, 0.1) is 0 Å². The first-order valence-electron chi connectivity index (χ1n) is 13.4. The Balaban J connectivity index is 1.25. The lowest BCUT2D eigenvalue weighted by Gasteiger charge is -2.08. The molecule has 2 aromatic carbocycles. The Morgan fingerprint density at radius 3 is 1.17 bits per heavy atom. The van der Waals surface area contributed by atoms with E-state index in [1.807, 2.05) is 0 Å². The summed E-state index contributed by atoms with van der Waals surface area (Å²) < 4.78 is 0. The van der Waals surface area contributed by atoms with Crippen LogP contribution in [0.15, 0.2) is 58.3 Å². The Bertz CT molecular complexity index is 674. The van der Waals surface area contributed by atoms with Crippen molar-refractivity contribution < 1.29 is 0 Å². The summed E-state index contributed by atoms with van der Waals surface area (Å²) in [6, 6.07) is 17.7. The Labute approximate surface area is 223 Å². The van der Waals surface area contributed by atoms with E-state index in [1.165, 1.54) is 65.9 Å². The quantitative estimate of drug-likeness (QED) is 0.115. The summed E-state index contributed by atoms with van der Waals surface area (Å²) in [4.78, 5) is 2.66. The number of rotatable bonds is 22. The molecule has 0 bridgehead atoms. The van der Waals surface area contributed by atoms with E-state index in [0.29, 0.717) is 0 Å². The summed E-state index contributed by atoms with van der Waals surface area (Å²) in [5.74, 6) is 0. The largest absolute Gasteiger partial charge is 0.317 e. The molecule has 0 saturated carbocycles. The molecule has 196 valence electrons. The van der Waals surface area contributed by atoms with E-state index >= 15 is 0 Å². The second kappa shape index (κ2) is 21.1. The van der Waals surface area contributed by atoms with Crippen LogP contribution in [0.3, 0.4) is 0 Å². The molecule has 0 aliphatic heterocycles. The fourth-order valence-corrected chi connectivity index (χ4v) is 4.73. The van der Waals surface area contributed by atoms with Crippen LogP contribution in [0.4, 0.5) is 0 Å². The summed E-state index contributed by atoms with van der Waals surface area (Å²) in [6.07, 6.45) is 13.3. The number of unbranched alkanes of at least 4 members (excludes halogenated alkanes) is 4. The topological polar surface area (TPSA) is 48.1 Å². The van der Waals surface area contributed by atoms with E-state index in [9.17, 15) is 0 Å². The van der Waals surface area contributed by atoms with Gasteiger partial charge in [0, 0.05) is 22.9 Å². The van der Waals surface area contributed by atoms with E-state index in [0.717, 1.165) is 52.4 Å². The molecule has 35 heavy (non-hydrogen) atoms. The van der Waals surface area contributed by atoms with Crippen LogP contribution in [0.2, 0.25) is 0 Å². The van der Waals surface area contributed by atoms with Gasteiger partial charge >= 0.3 is 0 Å². The third-order valence-electron chi connectivity index (χ3n) is 6.10. The molecule has 4 N–H and O–H groups in total. The maximum atomic E-state index is 3.59. The monoisotopic (exact) mass is 516 g/mol. The van der Waals surface area contributed by atoms with Crippen LogP contribution in [-0.4, -0.2) is 51.8 Å². The number of hydrogen-bond donors (Lipinski definition) is 4. The van der Waals surface area contributed by atoms with Crippen molar-refractivity contribution in [3.63, 3.8) is 0 Å². The van der Waals surface area contributed by atoms with Gasteiger partial charge in [-0.05, 0) is 113 Å². The van der Waals surface area contributed by atoms with Crippen LogP contribution in [0.5, 0.6) is 0 Å². The van der Waals surface area contributed by atoms with Crippen LogP contribution < -0.4 is 21.3 Å². The van der Waals surface area contributed by atoms with Crippen LogP contribution in [0.1, 0.15) is 56.1 Å². The Kier molecular flexibility index (Phi) is 18.2. The molecule has 0 atom stereocenters. The van der Waals surface area contributed by atoms with E-state index < -0.39 is 0 Å². The molecule has 0 heterocycles. The molecule has 0 fully saturated rings. The molecule has 0 aromatic heterocycles. The predicted molar refractivity (Wildman–Crippen MR) is 158 cm³/mol. The van der Waals surface area contributed by atoms with Crippen molar-refractivity contribution in [2.45, 2.75) is 67.8 Å². The zero-order valence-electron chi connectivity index (χ0n) is 22.0. The lowest BCUT2D eigenvalue weighted by Crippen LogP contribution is -2.22. The van der Waals surface area contributed by atoms with Gasteiger partial charge < -0.3 is 21.3 Å². The molecule has 2 rings (SSSR count). The molecular weight excluding hydrogens is 468 g/mol. The van der Waals surface area contributed by atoms with E-state index in [1.54, 1.807) is 23.5 Å². The highest BCUT2D eigenvalue weighted by Crippen LogP contribution is 2.15. The highest BCUT2D eigenvalue weighted by Gasteiger charge is 1.96. The fourth-order valence-electron chi connectivity index (χ4n) is 3.91. The summed E-state index contributed by atoms with van der Waals surface area (Å²) in [5, 5.41) is 14.3. The van der Waals surface area contributed by atoms with E-state index in [2.05, 4.69) is 82.3 Å². The van der Waals surface area contributed by atoms with Gasteiger partial charge in [-0.15, -0.1) is 23.5 Å².